The number of ether oxygens (including phenoxy) is 2. The maximum atomic E-state index is 14.5. The van der Waals surface area contributed by atoms with E-state index in [4.69, 9.17) is 21.1 Å². The van der Waals surface area contributed by atoms with Gasteiger partial charge in [-0.25, -0.2) is 14.4 Å². The lowest BCUT2D eigenvalue weighted by atomic mass is 10.0. The molecule has 0 aromatic carbocycles. The van der Waals surface area contributed by atoms with Gasteiger partial charge in [0.25, 0.3) is 0 Å². The van der Waals surface area contributed by atoms with E-state index in [1.54, 1.807) is 0 Å². The van der Waals surface area contributed by atoms with E-state index in [1.165, 1.54) is 11.8 Å². The number of aromatic nitrogens is 3. The molecule has 6 nitrogen and oxygen atoms in total. The lowest BCUT2D eigenvalue weighted by molar-refractivity contribution is 0.166. The summed E-state index contributed by atoms with van der Waals surface area (Å²) < 4.78 is 25.9. The fraction of sp³-hybridized carbons (Fsp3) is 0.500. The molecule has 1 fully saturated rings. The molecule has 2 aromatic heterocycles. The lowest BCUT2D eigenvalue weighted by Gasteiger charge is -2.32. The Bertz CT molecular complexity index is 793. The lowest BCUT2D eigenvalue weighted by Crippen LogP contribution is -2.41. The van der Waals surface area contributed by atoms with Crippen molar-refractivity contribution in [2.45, 2.75) is 11.2 Å². The molecule has 0 saturated carbocycles. The summed E-state index contributed by atoms with van der Waals surface area (Å²) in [6.45, 7) is 1.63. The molecule has 4 rings (SSSR count). The number of pyridine rings is 1. The minimum Gasteiger partial charge on any atom is -0.477 e. The van der Waals surface area contributed by atoms with E-state index in [9.17, 15) is 4.39 Å². The zero-order chi connectivity index (χ0) is 16.1. The number of hydrogen-bond donors (Lipinski definition) is 0. The number of hydrogen-bond acceptors (Lipinski definition) is 7. The van der Waals surface area contributed by atoms with Crippen molar-refractivity contribution in [2.75, 3.05) is 38.0 Å². The Morgan fingerprint density at radius 1 is 1.26 bits per heavy atom. The van der Waals surface area contributed by atoms with Crippen molar-refractivity contribution < 1.29 is 13.9 Å². The minimum absolute atomic E-state index is 0.120. The van der Waals surface area contributed by atoms with Crippen molar-refractivity contribution in [1.82, 2.24) is 15.0 Å². The molecular weight excluding hydrogens is 343 g/mol. The van der Waals surface area contributed by atoms with Crippen molar-refractivity contribution in [1.29, 1.82) is 0 Å². The van der Waals surface area contributed by atoms with Gasteiger partial charge in [0.05, 0.1) is 25.9 Å². The van der Waals surface area contributed by atoms with E-state index in [1.807, 2.05) is 18.2 Å². The molecule has 0 spiro atoms. The number of rotatable bonds is 1. The maximum absolute atomic E-state index is 14.5. The van der Waals surface area contributed by atoms with Gasteiger partial charge < -0.3 is 14.4 Å². The summed E-state index contributed by atoms with van der Waals surface area (Å²) in [7, 11) is 1.93. The Morgan fingerprint density at radius 2 is 2.09 bits per heavy atom. The Kier molecular flexibility index (Phi) is 3.70. The molecular formula is C14H14ClFN4O2S. The van der Waals surface area contributed by atoms with Crippen LogP contribution in [0.15, 0.2) is 5.16 Å². The standard InChI is InChI=1S/C14H14ClFN4O2S/c1-20-7-5-21-3-6(7)4-22-13-8-10(9(16)11(15)18-13)17-14(23-2)19-12(8)20/h6-7H,3-5H2,1-2H3/t6-,7+/m0/s1. The third-order valence-electron chi connectivity index (χ3n) is 4.28. The molecule has 2 atom stereocenters. The highest BCUT2D eigenvalue weighted by Crippen LogP contribution is 2.39. The fourth-order valence-electron chi connectivity index (χ4n) is 3.05. The van der Waals surface area contributed by atoms with Gasteiger partial charge in [-0.2, -0.15) is 4.98 Å². The predicted molar refractivity (Wildman–Crippen MR) is 86.1 cm³/mol. The number of anilines is 1. The molecule has 0 N–H and O–H groups in total. The molecule has 0 aliphatic carbocycles. The second-order valence-corrected chi connectivity index (χ2v) is 6.70. The first-order valence-electron chi connectivity index (χ1n) is 7.14. The van der Waals surface area contributed by atoms with E-state index in [2.05, 4.69) is 15.0 Å². The third-order valence-corrected chi connectivity index (χ3v) is 5.08. The molecule has 1 saturated heterocycles. The highest BCUT2D eigenvalue weighted by molar-refractivity contribution is 7.98. The van der Waals surface area contributed by atoms with Crippen molar-refractivity contribution in [3.63, 3.8) is 0 Å². The first-order chi connectivity index (χ1) is 11.1. The van der Waals surface area contributed by atoms with Crippen LogP contribution >= 0.6 is 23.4 Å². The predicted octanol–water partition coefficient (Wildman–Crippen LogP) is 2.38. The SMILES string of the molecule is CSc1nc2c3c(nc(Cl)c(F)c3n1)OC[C@@H]1COC[C@H]1N2C. The van der Waals surface area contributed by atoms with Gasteiger partial charge >= 0.3 is 0 Å². The van der Waals surface area contributed by atoms with Crippen LogP contribution in [-0.4, -0.2) is 54.1 Å². The summed E-state index contributed by atoms with van der Waals surface area (Å²) in [5.41, 5.74) is 0.138. The van der Waals surface area contributed by atoms with Gasteiger partial charge in [-0.3, -0.25) is 0 Å². The van der Waals surface area contributed by atoms with Crippen LogP contribution in [-0.2, 0) is 4.74 Å². The first kappa shape index (κ1) is 15.2. The van der Waals surface area contributed by atoms with Crippen LogP contribution < -0.4 is 9.64 Å². The van der Waals surface area contributed by atoms with Crippen LogP contribution in [0, 0.1) is 11.7 Å². The number of thioether (sulfide) groups is 1. The number of halogens is 2. The smallest absolute Gasteiger partial charge is 0.228 e. The van der Waals surface area contributed by atoms with Crippen LogP contribution in [0.3, 0.4) is 0 Å². The average Bonchev–Trinajstić information content (AvgIpc) is 3.02. The summed E-state index contributed by atoms with van der Waals surface area (Å²) in [5.74, 6) is 0.409. The largest absolute Gasteiger partial charge is 0.477 e. The van der Waals surface area contributed by atoms with E-state index in [-0.39, 0.29) is 28.5 Å². The summed E-state index contributed by atoms with van der Waals surface area (Å²) in [6.07, 6.45) is 1.84. The molecule has 0 amide bonds. The molecule has 122 valence electrons. The second-order valence-electron chi connectivity index (χ2n) is 5.57. The van der Waals surface area contributed by atoms with Gasteiger partial charge in [-0.15, -0.1) is 0 Å². The van der Waals surface area contributed by atoms with Crippen LogP contribution in [0.25, 0.3) is 10.9 Å². The van der Waals surface area contributed by atoms with Crippen molar-refractivity contribution in [3.05, 3.63) is 11.0 Å². The zero-order valence-electron chi connectivity index (χ0n) is 12.5. The third kappa shape index (κ3) is 2.31. The Labute approximate surface area is 141 Å². The van der Waals surface area contributed by atoms with Gasteiger partial charge in [0.1, 0.15) is 16.7 Å². The van der Waals surface area contributed by atoms with E-state index >= 15 is 0 Å². The molecule has 9 heteroatoms. The van der Waals surface area contributed by atoms with Crippen LogP contribution in [0.1, 0.15) is 0 Å². The highest BCUT2D eigenvalue weighted by Gasteiger charge is 2.37. The fourth-order valence-corrected chi connectivity index (χ4v) is 3.57. The van der Waals surface area contributed by atoms with Crippen molar-refractivity contribution >= 4 is 40.1 Å². The van der Waals surface area contributed by atoms with Crippen molar-refractivity contribution in [3.8, 4) is 5.88 Å². The van der Waals surface area contributed by atoms with E-state index in [0.717, 1.165) is 0 Å². The van der Waals surface area contributed by atoms with Crippen molar-refractivity contribution in [2.24, 2.45) is 5.92 Å². The van der Waals surface area contributed by atoms with Gasteiger partial charge in [0.15, 0.2) is 16.1 Å². The molecule has 4 heterocycles. The molecule has 2 aliphatic rings. The molecule has 2 aliphatic heterocycles. The van der Waals surface area contributed by atoms with Gasteiger partial charge in [-0.05, 0) is 6.26 Å². The molecule has 0 unspecified atom stereocenters. The molecule has 0 radical (unpaired) electrons. The average molecular weight is 357 g/mol. The van der Waals surface area contributed by atoms with Crippen LogP contribution in [0.5, 0.6) is 5.88 Å². The molecule has 2 aromatic rings. The van der Waals surface area contributed by atoms with Crippen LogP contribution in [0.2, 0.25) is 5.15 Å². The second kappa shape index (κ2) is 5.61. The summed E-state index contributed by atoms with van der Waals surface area (Å²) in [6, 6.07) is 0.120. The first-order valence-corrected chi connectivity index (χ1v) is 8.74. The topological polar surface area (TPSA) is 60.4 Å². The van der Waals surface area contributed by atoms with Crippen LogP contribution in [0.4, 0.5) is 10.2 Å². The Balaban J connectivity index is 2.03. The molecule has 0 bridgehead atoms. The zero-order valence-corrected chi connectivity index (χ0v) is 14.1. The minimum atomic E-state index is -0.652. The number of nitrogens with zero attached hydrogens (tertiary/aromatic N) is 4. The maximum Gasteiger partial charge on any atom is 0.228 e. The van der Waals surface area contributed by atoms with Gasteiger partial charge in [0.2, 0.25) is 5.88 Å². The normalized spacial score (nSPS) is 23.4. The Hall–Kier alpha value is -1.38. The highest BCUT2D eigenvalue weighted by atomic mass is 35.5. The number of fused-ring (bicyclic) bond motifs is 1. The Morgan fingerprint density at radius 3 is 2.87 bits per heavy atom. The van der Waals surface area contributed by atoms with Gasteiger partial charge in [0, 0.05) is 13.0 Å². The summed E-state index contributed by atoms with van der Waals surface area (Å²) in [4.78, 5) is 14.9. The summed E-state index contributed by atoms with van der Waals surface area (Å²) >= 11 is 7.26. The number of likely N-dealkylation sites (N-methyl/N-ethyl adjacent to an activating group) is 1. The summed E-state index contributed by atoms with van der Waals surface area (Å²) in [5, 5.41) is 0.687. The van der Waals surface area contributed by atoms with E-state index in [0.29, 0.717) is 36.2 Å². The van der Waals surface area contributed by atoms with E-state index < -0.39 is 5.82 Å². The quantitative estimate of drug-likeness (QED) is 0.441. The van der Waals surface area contributed by atoms with Gasteiger partial charge in [-0.1, -0.05) is 23.4 Å². The monoisotopic (exact) mass is 356 g/mol. The molecule has 23 heavy (non-hydrogen) atoms.